The fraction of sp³-hybridized carbons (Fsp3) is 0.111. The maximum absolute atomic E-state index is 5.61. The lowest BCUT2D eigenvalue weighted by Gasteiger charge is -2.02. The number of nitrogen functional groups attached to an aromatic ring is 1. The van der Waals surface area contributed by atoms with E-state index in [-0.39, 0.29) is 0 Å². The van der Waals surface area contributed by atoms with Crippen LogP contribution in [-0.2, 0) is 0 Å². The number of aromatic nitrogens is 3. The molecule has 0 unspecified atom stereocenters. The Bertz CT molecular complexity index is 419. The van der Waals surface area contributed by atoms with E-state index in [4.69, 9.17) is 5.73 Å². The largest absolute Gasteiger partial charge is 0.368 e. The van der Waals surface area contributed by atoms with Crippen LogP contribution in [0.15, 0.2) is 30.6 Å². The number of rotatable bonds is 1. The fourth-order valence-corrected chi connectivity index (χ4v) is 1.21. The van der Waals surface area contributed by atoms with Crippen LogP contribution in [0.4, 0.5) is 5.95 Å². The monoisotopic (exact) mass is 174 g/mol. The van der Waals surface area contributed by atoms with Crippen LogP contribution in [0.25, 0.3) is 5.69 Å². The molecule has 4 nitrogen and oxygen atoms in total. The molecule has 2 N–H and O–H groups in total. The van der Waals surface area contributed by atoms with Gasteiger partial charge in [-0.25, -0.2) is 0 Å². The normalized spacial score (nSPS) is 10.2. The Morgan fingerprint density at radius 1 is 1.38 bits per heavy atom. The van der Waals surface area contributed by atoms with Gasteiger partial charge in [-0.1, -0.05) is 12.1 Å². The van der Waals surface area contributed by atoms with Crippen LogP contribution < -0.4 is 5.73 Å². The van der Waals surface area contributed by atoms with Crippen LogP contribution in [0.1, 0.15) is 5.56 Å². The number of benzene rings is 1. The first-order valence-electron chi connectivity index (χ1n) is 4.00. The van der Waals surface area contributed by atoms with Crippen molar-refractivity contribution in [2.75, 3.05) is 5.73 Å². The summed E-state index contributed by atoms with van der Waals surface area (Å²) < 4.78 is 1.60. The quantitative estimate of drug-likeness (QED) is 0.705. The molecular formula is C9H10N4. The average Bonchev–Trinajstić information content (AvgIpc) is 2.51. The van der Waals surface area contributed by atoms with Crippen molar-refractivity contribution in [3.05, 3.63) is 36.2 Å². The summed E-state index contributed by atoms with van der Waals surface area (Å²) in [5.74, 6) is 0.408. The summed E-state index contributed by atoms with van der Waals surface area (Å²) in [7, 11) is 0. The Labute approximate surface area is 76.0 Å². The maximum Gasteiger partial charge on any atom is 0.223 e. The first kappa shape index (κ1) is 7.79. The van der Waals surface area contributed by atoms with E-state index in [1.54, 1.807) is 4.68 Å². The Morgan fingerprint density at radius 2 is 2.23 bits per heavy atom. The molecule has 66 valence electrons. The first-order chi connectivity index (χ1) is 6.27. The van der Waals surface area contributed by atoms with Gasteiger partial charge < -0.3 is 5.73 Å². The number of hydrogen-bond donors (Lipinski definition) is 1. The lowest BCUT2D eigenvalue weighted by atomic mass is 10.2. The van der Waals surface area contributed by atoms with Crippen molar-refractivity contribution in [2.45, 2.75) is 6.92 Å². The molecule has 0 atom stereocenters. The van der Waals surface area contributed by atoms with Crippen molar-refractivity contribution in [3.63, 3.8) is 0 Å². The highest BCUT2D eigenvalue weighted by molar-refractivity contribution is 5.38. The summed E-state index contributed by atoms with van der Waals surface area (Å²) in [6.07, 6.45) is 1.44. The van der Waals surface area contributed by atoms with Crippen LogP contribution in [0.2, 0.25) is 0 Å². The second-order valence-electron chi connectivity index (χ2n) is 2.87. The molecule has 2 aromatic rings. The molecule has 13 heavy (non-hydrogen) atoms. The van der Waals surface area contributed by atoms with E-state index >= 15 is 0 Å². The molecule has 4 heteroatoms. The van der Waals surface area contributed by atoms with Gasteiger partial charge in [-0.15, -0.1) is 0 Å². The number of hydrogen-bond acceptors (Lipinski definition) is 3. The summed E-state index contributed by atoms with van der Waals surface area (Å²) in [6, 6.07) is 7.94. The molecule has 0 bridgehead atoms. The van der Waals surface area contributed by atoms with Crippen molar-refractivity contribution in [3.8, 4) is 5.69 Å². The van der Waals surface area contributed by atoms with Gasteiger partial charge in [0.25, 0.3) is 0 Å². The van der Waals surface area contributed by atoms with E-state index < -0.39 is 0 Å². The van der Waals surface area contributed by atoms with Gasteiger partial charge in [0.1, 0.15) is 6.33 Å². The zero-order valence-electron chi connectivity index (χ0n) is 7.31. The number of nitrogens with two attached hydrogens (primary N) is 1. The molecular weight excluding hydrogens is 164 g/mol. The molecule has 0 amide bonds. The minimum atomic E-state index is 0.408. The van der Waals surface area contributed by atoms with E-state index in [2.05, 4.69) is 10.1 Å². The molecule has 1 aromatic heterocycles. The molecule has 0 fully saturated rings. The van der Waals surface area contributed by atoms with Crippen LogP contribution in [0, 0.1) is 6.92 Å². The summed E-state index contributed by atoms with van der Waals surface area (Å²) >= 11 is 0. The van der Waals surface area contributed by atoms with Crippen molar-refractivity contribution in [1.82, 2.24) is 14.8 Å². The SMILES string of the molecule is Cc1cccc(-n2ncnc2N)c1. The first-order valence-corrected chi connectivity index (χ1v) is 4.00. The second-order valence-corrected chi connectivity index (χ2v) is 2.87. The number of nitrogens with zero attached hydrogens (tertiary/aromatic N) is 3. The lowest BCUT2D eigenvalue weighted by Crippen LogP contribution is -2.02. The zero-order chi connectivity index (χ0) is 9.26. The Balaban J connectivity index is 2.53. The Morgan fingerprint density at radius 3 is 2.85 bits per heavy atom. The highest BCUT2D eigenvalue weighted by Gasteiger charge is 2.01. The molecule has 0 aliphatic heterocycles. The second kappa shape index (κ2) is 2.90. The van der Waals surface area contributed by atoms with Crippen molar-refractivity contribution >= 4 is 5.95 Å². The molecule has 0 saturated heterocycles. The molecule has 0 aliphatic carbocycles. The molecule has 1 aromatic carbocycles. The van der Waals surface area contributed by atoms with E-state index in [1.165, 1.54) is 11.9 Å². The lowest BCUT2D eigenvalue weighted by molar-refractivity contribution is 0.889. The van der Waals surface area contributed by atoms with Crippen LogP contribution in [0.5, 0.6) is 0 Å². The summed E-state index contributed by atoms with van der Waals surface area (Å²) in [5.41, 5.74) is 7.73. The predicted molar refractivity (Wildman–Crippen MR) is 50.5 cm³/mol. The van der Waals surface area contributed by atoms with Gasteiger partial charge in [-0.05, 0) is 24.6 Å². The van der Waals surface area contributed by atoms with E-state index in [0.29, 0.717) is 5.95 Å². The standard InChI is InChI=1S/C9H10N4/c1-7-3-2-4-8(5-7)13-9(10)11-6-12-13/h2-6H,1H3,(H2,10,11,12). The zero-order valence-corrected chi connectivity index (χ0v) is 7.31. The smallest absolute Gasteiger partial charge is 0.223 e. The molecule has 0 spiro atoms. The molecule has 0 radical (unpaired) electrons. The third-order valence-electron chi connectivity index (χ3n) is 1.82. The van der Waals surface area contributed by atoms with E-state index in [0.717, 1.165) is 5.69 Å². The maximum atomic E-state index is 5.61. The van der Waals surface area contributed by atoms with Gasteiger partial charge in [0.15, 0.2) is 0 Å². The molecule has 0 saturated carbocycles. The molecule has 1 heterocycles. The predicted octanol–water partition coefficient (Wildman–Crippen LogP) is 1.16. The fourth-order valence-electron chi connectivity index (χ4n) is 1.21. The minimum Gasteiger partial charge on any atom is -0.368 e. The summed E-state index contributed by atoms with van der Waals surface area (Å²) in [6.45, 7) is 2.02. The van der Waals surface area contributed by atoms with Gasteiger partial charge in [0.05, 0.1) is 5.69 Å². The third kappa shape index (κ3) is 1.38. The van der Waals surface area contributed by atoms with Crippen molar-refractivity contribution in [1.29, 1.82) is 0 Å². The van der Waals surface area contributed by atoms with Crippen LogP contribution in [-0.4, -0.2) is 14.8 Å². The van der Waals surface area contributed by atoms with Gasteiger partial charge in [-0.2, -0.15) is 14.8 Å². The van der Waals surface area contributed by atoms with E-state index in [1.807, 2.05) is 31.2 Å². The minimum absolute atomic E-state index is 0.408. The van der Waals surface area contributed by atoms with Crippen molar-refractivity contribution in [2.24, 2.45) is 0 Å². The van der Waals surface area contributed by atoms with E-state index in [9.17, 15) is 0 Å². The average molecular weight is 174 g/mol. The summed E-state index contributed by atoms with van der Waals surface area (Å²) in [5, 5.41) is 4.01. The molecule has 0 aliphatic rings. The Hall–Kier alpha value is -1.84. The Kier molecular flexibility index (Phi) is 1.73. The van der Waals surface area contributed by atoms with Gasteiger partial charge in [0, 0.05) is 0 Å². The number of aryl methyl sites for hydroxylation is 1. The van der Waals surface area contributed by atoms with Crippen LogP contribution in [0.3, 0.4) is 0 Å². The van der Waals surface area contributed by atoms with Crippen LogP contribution >= 0.6 is 0 Å². The third-order valence-corrected chi connectivity index (χ3v) is 1.82. The summed E-state index contributed by atoms with van der Waals surface area (Å²) in [4.78, 5) is 3.85. The number of anilines is 1. The highest BCUT2D eigenvalue weighted by atomic mass is 15.4. The van der Waals surface area contributed by atoms with Gasteiger partial charge >= 0.3 is 0 Å². The molecule has 2 rings (SSSR count). The highest BCUT2D eigenvalue weighted by Crippen LogP contribution is 2.10. The topological polar surface area (TPSA) is 56.7 Å². The van der Waals surface area contributed by atoms with Gasteiger partial charge in [-0.3, -0.25) is 0 Å². The van der Waals surface area contributed by atoms with Crippen molar-refractivity contribution < 1.29 is 0 Å². The van der Waals surface area contributed by atoms with Gasteiger partial charge in [0.2, 0.25) is 5.95 Å².